The molecule has 2 rings (SSSR count). The van der Waals surface area contributed by atoms with E-state index >= 15 is 0 Å². The largest absolute Gasteiger partial charge is 0.345 e. The SMILES string of the molecule is CCCCCCCN1C(=O)CNC(=O)C12CCCC2. The average Bonchev–Trinajstić information content (AvgIpc) is 2.88. The van der Waals surface area contributed by atoms with Gasteiger partial charge in [-0.3, -0.25) is 9.59 Å². The van der Waals surface area contributed by atoms with Crippen LogP contribution < -0.4 is 5.32 Å². The molecule has 0 unspecified atom stereocenters. The zero-order valence-corrected chi connectivity index (χ0v) is 12.0. The topological polar surface area (TPSA) is 49.4 Å². The molecular weight excluding hydrogens is 240 g/mol. The maximum absolute atomic E-state index is 12.2. The second kappa shape index (κ2) is 6.40. The summed E-state index contributed by atoms with van der Waals surface area (Å²) in [6.45, 7) is 3.15. The van der Waals surface area contributed by atoms with Crippen molar-refractivity contribution < 1.29 is 9.59 Å². The van der Waals surface area contributed by atoms with Crippen LogP contribution in [-0.4, -0.2) is 35.3 Å². The van der Waals surface area contributed by atoms with Gasteiger partial charge < -0.3 is 10.2 Å². The Morgan fingerprint density at radius 2 is 1.79 bits per heavy atom. The van der Waals surface area contributed by atoms with Crippen molar-refractivity contribution in [2.24, 2.45) is 0 Å². The minimum atomic E-state index is -0.500. The molecule has 0 atom stereocenters. The van der Waals surface area contributed by atoms with Gasteiger partial charge in [-0.15, -0.1) is 0 Å². The molecule has 1 spiro atoms. The summed E-state index contributed by atoms with van der Waals surface area (Å²) >= 11 is 0. The molecule has 2 aliphatic rings. The predicted octanol–water partition coefficient (Wildman–Crippen LogP) is 2.23. The van der Waals surface area contributed by atoms with Crippen LogP contribution in [0.2, 0.25) is 0 Å². The van der Waals surface area contributed by atoms with Crippen molar-refractivity contribution in [3.05, 3.63) is 0 Å². The van der Waals surface area contributed by atoms with E-state index in [1.165, 1.54) is 19.3 Å². The lowest BCUT2D eigenvalue weighted by molar-refractivity contribution is -0.153. The van der Waals surface area contributed by atoms with Gasteiger partial charge in [0.2, 0.25) is 11.8 Å². The van der Waals surface area contributed by atoms with Crippen molar-refractivity contribution in [1.29, 1.82) is 0 Å². The van der Waals surface area contributed by atoms with Crippen LogP contribution >= 0.6 is 0 Å². The van der Waals surface area contributed by atoms with E-state index in [1.54, 1.807) is 0 Å². The van der Waals surface area contributed by atoms with E-state index in [9.17, 15) is 9.59 Å². The lowest BCUT2D eigenvalue weighted by Gasteiger charge is -2.43. The molecule has 0 aromatic heterocycles. The van der Waals surface area contributed by atoms with E-state index in [0.717, 1.165) is 45.1 Å². The molecule has 1 saturated carbocycles. The first-order chi connectivity index (χ1) is 9.20. The number of nitrogens with one attached hydrogen (secondary N) is 1. The molecule has 1 aliphatic heterocycles. The van der Waals surface area contributed by atoms with E-state index in [2.05, 4.69) is 12.2 Å². The van der Waals surface area contributed by atoms with Crippen molar-refractivity contribution in [1.82, 2.24) is 10.2 Å². The molecule has 0 bridgehead atoms. The predicted molar refractivity (Wildman–Crippen MR) is 74.7 cm³/mol. The highest BCUT2D eigenvalue weighted by Crippen LogP contribution is 2.37. The number of piperazine rings is 1. The highest BCUT2D eigenvalue weighted by atomic mass is 16.2. The zero-order valence-electron chi connectivity index (χ0n) is 12.0. The van der Waals surface area contributed by atoms with E-state index in [4.69, 9.17) is 0 Å². The van der Waals surface area contributed by atoms with Crippen LogP contribution in [0.3, 0.4) is 0 Å². The van der Waals surface area contributed by atoms with Crippen LogP contribution in [-0.2, 0) is 9.59 Å². The number of nitrogens with zero attached hydrogens (tertiary/aromatic N) is 1. The Hall–Kier alpha value is -1.06. The molecule has 0 aromatic carbocycles. The molecule has 4 heteroatoms. The monoisotopic (exact) mass is 266 g/mol. The highest BCUT2D eigenvalue weighted by Gasteiger charge is 2.50. The molecule has 2 amide bonds. The van der Waals surface area contributed by atoms with Crippen LogP contribution in [0.25, 0.3) is 0 Å². The fraction of sp³-hybridized carbons (Fsp3) is 0.867. The number of rotatable bonds is 6. The Bertz CT molecular complexity index is 335. The number of carbonyl (C=O) groups excluding carboxylic acids is 2. The molecule has 19 heavy (non-hydrogen) atoms. The van der Waals surface area contributed by atoms with Gasteiger partial charge in [-0.2, -0.15) is 0 Å². The Morgan fingerprint density at radius 3 is 2.47 bits per heavy atom. The number of carbonyl (C=O) groups is 2. The molecule has 1 N–H and O–H groups in total. The van der Waals surface area contributed by atoms with Crippen molar-refractivity contribution >= 4 is 11.8 Å². The molecule has 4 nitrogen and oxygen atoms in total. The summed E-state index contributed by atoms with van der Waals surface area (Å²) in [5.41, 5.74) is -0.500. The highest BCUT2D eigenvalue weighted by molar-refractivity contribution is 5.98. The Labute approximate surface area is 115 Å². The zero-order chi connectivity index (χ0) is 13.7. The van der Waals surface area contributed by atoms with Crippen LogP contribution in [0.4, 0.5) is 0 Å². The van der Waals surface area contributed by atoms with Crippen LogP contribution in [0.15, 0.2) is 0 Å². The van der Waals surface area contributed by atoms with Gasteiger partial charge in [-0.1, -0.05) is 45.4 Å². The van der Waals surface area contributed by atoms with Gasteiger partial charge in [-0.25, -0.2) is 0 Å². The standard InChI is InChI=1S/C15H26N2O2/c1-2-3-4-5-8-11-17-13(18)12-16-14(19)15(17)9-6-7-10-15/h2-12H2,1H3,(H,16,19). The van der Waals surface area contributed by atoms with Crippen molar-refractivity contribution in [3.63, 3.8) is 0 Å². The summed E-state index contributed by atoms with van der Waals surface area (Å²) in [6.07, 6.45) is 9.74. The summed E-state index contributed by atoms with van der Waals surface area (Å²) in [5.74, 6) is 0.190. The minimum Gasteiger partial charge on any atom is -0.345 e. The lowest BCUT2D eigenvalue weighted by atomic mass is 9.91. The van der Waals surface area contributed by atoms with E-state index in [1.807, 2.05) is 4.90 Å². The normalized spacial score (nSPS) is 22.1. The fourth-order valence-electron chi connectivity index (χ4n) is 3.45. The average molecular weight is 266 g/mol. The summed E-state index contributed by atoms with van der Waals surface area (Å²) in [7, 11) is 0. The number of hydrogen-bond donors (Lipinski definition) is 1. The fourth-order valence-corrected chi connectivity index (χ4v) is 3.45. The Morgan fingerprint density at radius 1 is 1.11 bits per heavy atom. The molecular formula is C15H26N2O2. The van der Waals surface area contributed by atoms with Crippen LogP contribution in [0.5, 0.6) is 0 Å². The minimum absolute atomic E-state index is 0.0816. The van der Waals surface area contributed by atoms with Crippen molar-refractivity contribution in [2.45, 2.75) is 70.3 Å². The maximum atomic E-state index is 12.2. The van der Waals surface area contributed by atoms with E-state index in [-0.39, 0.29) is 18.4 Å². The second-order valence-corrected chi connectivity index (χ2v) is 5.88. The quantitative estimate of drug-likeness (QED) is 0.749. The Balaban J connectivity index is 1.94. The Kier molecular flexibility index (Phi) is 4.83. The molecule has 1 aliphatic carbocycles. The molecule has 108 valence electrons. The van der Waals surface area contributed by atoms with Gasteiger partial charge in [0.25, 0.3) is 0 Å². The van der Waals surface area contributed by atoms with E-state index in [0.29, 0.717) is 0 Å². The first-order valence-electron chi connectivity index (χ1n) is 7.79. The third kappa shape index (κ3) is 2.93. The molecule has 0 radical (unpaired) electrons. The lowest BCUT2D eigenvalue weighted by Crippen LogP contribution is -2.66. The summed E-state index contributed by atoms with van der Waals surface area (Å²) < 4.78 is 0. The van der Waals surface area contributed by atoms with E-state index < -0.39 is 5.54 Å². The van der Waals surface area contributed by atoms with Gasteiger partial charge >= 0.3 is 0 Å². The first kappa shape index (κ1) is 14.4. The third-order valence-corrected chi connectivity index (χ3v) is 4.56. The molecule has 2 fully saturated rings. The number of unbranched alkanes of at least 4 members (excludes halogenated alkanes) is 4. The van der Waals surface area contributed by atoms with Gasteiger partial charge in [0, 0.05) is 6.54 Å². The van der Waals surface area contributed by atoms with Gasteiger partial charge in [-0.05, 0) is 19.3 Å². The number of hydrogen-bond acceptors (Lipinski definition) is 2. The molecule has 1 heterocycles. The number of amides is 2. The smallest absolute Gasteiger partial charge is 0.246 e. The van der Waals surface area contributed by atoms with Crippen molar-refractivity contribution in [2.75, 3.05) is 13.1 Å². The summed E-state index contributed by atoms with van der Waals surface area (Å²) in [6, 6.07) is 0. The summed E-state index contributed by atoms with van der Waals surface area (Å²) in [5, 5.41) is 2.78. The second-order valence-electron chi connectivity index (χ2n) is 5.88. The van der Waals surface area contributed by atoms with Gasteiger partial charge in [0.1, 0.15) is 5.54 Å². The molecule has 0 aromatic rings. The van der Waals surface area contributed by atoms with Crippen molar-refractivity contribution in [3.8, 4) is 0 Å². The van der Waals surface area contributed by atoms with Gasteiger partial charge in [0.15, 0.2) is 0 Å². The first-order valence-corrected chi connectivity index (χ1v) is 7.79. The molecule has 1 saturated heterocycles. The van der Waals surface area contributed by atoms with Crippen LogP contribution in [0, 0.1) is 0 Å². The third-order valence-electron chi connectivity index (χ3n) is 4.56. The maximum Gasteiger partial charge on any atom is 0.246 e. The van der Waals surface area contributed by atoms with Gasteiger partial charge in [0.05, 0.1) is 6.54 Å². The van der Waals surface area contributed by atoms with Crippen LogP contribution in [0.1, 0.15) is 64.7 Å². The summed E-state index contributed by atoms with van der Waals surface area (Å²) in [4.78, 5) is 26.2.